The summed E-state index contributed by atoms with van der Waals surface area (Å²) in [5.74, 6) is 1.15. The zero-order valence-corrected chi connectivity index (χ0v) is 14.2. The number of rotatable bonds is 3. The van der Waals surface area contributed by atoms with Crippen molar-refractivity contribution in [3.8, 4) is 11.3 Å². The van der Waals surface area contributed by atoms with Crippen molar-refractivity contribution in [3.05, 3.63) is 70.4 Å². The highest BCUT2D eigenvalue weighted by Gasteiger charge is 2.27. The Morgan fingerprint density at radius 3 is 2.83 bits per heavy atom. The van der Waals surface area contributed by atoms with E-state index in [1.54, 1.807) is 23.9 Å². The molecule has 1 N–H and O–H groups in total. The van der Waals surface area contributed by atoms with Crippen LogP contribution in [0.15, 0.2) is 57.9 Å². The number of fused-ring (bicyclic) bond motifs is 3. The van der Waals surface area contributed by atoms with Crippen LogP contribution in [0.5, 0.6) is 0 Å². The largest absolute Gasteiger partial charge is 0.355 e. The number of halogens is 1. The van der Waals surface area contributed by atoms with Crippen molar-refractivity contribution < 1.29 is 9.32 Å². The van der Waals surface area contributed by atoms with Crippen molar-refractivity contribution in [2.75, 3.05) is 0 Å². The Hall–Kier alpha value is -2.24. The van der Waals surface area contributed by atoms with Gasteiger partial charge in [-0.15, -0.1) is 11.8 Å². The van der Waals surface area contributed by atoms with Crippen molar-refractivity contribution in [1.29, 1.82) is 0 Å². The van der Waals surface area contributed by atoms with Crippen molar-refractivity contribution in [2.45, 2.75) is 17.2 Å². The lowest BCUT2D eigenvalue weighted by atomic mass is 10.1. The first-order valence-electron chi connectivity index (χ1n) is 7.46. The van der Waals surface area contributed by atoms with Crippen LogP contribution in [-0.4, -0.2) is 11.1 Å². The normalized spacial score (nSPS) is 12.4. The molecular weight excluding hydrogens is 344 g/mol. The van der Waals surface area contributed by atoms with Crippen LogP contribution in [0, 0.1) is 0 Å². The van der Waals surface area contributed by atoms with Crippen molar-refractivity contribution in [1.82, 2.24) is 10.5 Å². The first kappa shape index (κ1) is 15.3. The predicted molar refractivity (Wildman–Crippen MR) is 94.1 cm³/mol. The van der Waals surface area contributed by atoms with Gasteiger partial charge in [-0.3, -0.25) is 4.79 Å². The monoisotopic (exact) mass is 356 g/mol. The third-order valence-corrected chi connectivity index (χ3v) is 5.23. The van der Waals surface area contributed by atoms with Gasteiger partial charge in [0.25, 0.3) is 5.91 Å². The van der Waals surface area contributed by atoms with Crippen LogP contribution in [0.4, 0.5) is 0 Å². The fourth-order valence-electron chi connectivity index (χ4n) is 2.63. The molecule has 1 aromatic heterocycles. The van der Waals surface area contributed by atoms with Gasteiger partial charge in [0.15, 0.2) is 11.5 Å². The van der Waals surface area contributed by atoms with E-state index >= 15 is 0 Å². The summed E-state index contributed by atoms with van der Waals surface area (Å²) < 4.78 is 5.46. The molecule has 4 nitrogen and oxygen atoms in total. The molecule has 6 heteroatoms. The summed E-state index contributed by atoms with van der Waals surface area (Å²) in [6.07, 6.45) is 0. The van der Waals surface area contributed by atoms with E-state index in [4.69, 9.17) is 16.1 Å². The summed E-state index contributed by atoms with van der Waals surface area (Å²) in [5, 5.41) is 7.56. The Kier molecular flexibility index (Phi) is 4.04. The fourth-order valence-corrected chi connectivity index (χ4v) is 3.82. The summed E-state index contributed by atoms with van der Waals surface area (Å²) in [6.45, 7) is 0.418. The zero-order chi connectivity index (χ0) is 16.5. The number of carbonyl (C=O) groups is 1. The molecule has 4 rings (SSSR count). The molecule has 2 heterocycles. The number of hydrogen-bond donors (Lipinski definition) is 1. The second-order valence-corrected chi connectivity index (χ2v) is 6.89. The van der Waals surface area contributed by atoms with E-state index in [0.717, 1.165) is 21.6 Å². The second kappa shape index (κ2) is 6.34. The van der Waals surface area contributed by atoms with Gasteiger partial charge in [-0.1, -0.05) is 41.0 Å². The van der Waals surface area contributed by atoms with Crippen LogP contribution in [0.2, 0.25) is 5.02 Å². The lowest BCUT2D eigenvalue weighted by Crippen LogP contribution is -2.24. The summed E-state index contributed by atoms with van der Waals surface area (Å²) in [4.78, 5) is 13.6. The number of amides is 1. The van der Waals surface area contributed by atoms with Gasteiger partial charge in [0.1, 0.15) is 0 Å². The molecule has 2 aromatic carbocycles. The molecule has 0 saturated heterocycles. The van der Waals surface area contributed by atoms with Crippen LogP contribution in [0.25, 0.3) is 11.3 Å². The molecule has 1 amide bonds. The summed E-state index contributed by atoms with van der Waals surface area (Å²) in [6, 6.07) is 15.3. The average Bonchev–Trinajstić information content (AvgIpc) is 3.05. The minimum atomic E-state index is -0.227. The standard InChI is InChI=1S/C18H13ClN2O2S/c19-12-7-5-11(6-8-12)9-20-18(22)16-14-10-24-15-4-2-1-3-13(15)17(14)23-21-16/h1-8H,9-10H2,(H,20,22). The average molecular weight is 357 g/mol. The maximum atomic E-state index is 12.5. The van der Waals surface area contributed by atoms with Gasteiger partial charge in [0.2, 0.25) is 0 Å². The van der Waals surface area contributed by atoms with Gasteiger partial charge >= 0.3 is 0 Å². The summed E-state index contributed by atoms with van der Waals surface area (Å²) >= 11 is 7.55. The smallest absolute Gasteiger partial charge is 0.274 e. The molecule has 0 aliphatic carbocycles. The van der Waals surface area contributed by atoms with Gasteiger partial charge in [-0.25, -0.2) is 0 Å². The highest BCUT2D eigenvalue weighted by Crippen LogP contribution is 2.42. The highest BCUT2D eigenvalue weighted by atomic mass is 35.5. The molecule has 1 aliphatic heterocycles. The molecule has 0 fully saturated rings. The van der Waals surface area contributed by atoms with Crippen molar-refractivity contribution in [2.24, 2.45) is 0 Å². The number of carbonyl (C=O) groups excluding carboxylic acids is 1. The molecule has 0 atom stereocenters. The lowest BCUT2D eigenvalue weighted by molar-refractivity contribution is 0.0941. The molecule has 0 unspecified atom stereocenters. The third-order valence-electron chi connectivity index (χ3n) is 3.87. The van der Waals surface area contributed by atoms with Crippen LogP contribution < -0.4 is 5.32 Å². The third kappa shape index (κ3) is 2.81. The number of nitrogens with zero attached hydrogens (tertiary/aromatic N) is 1. The van der Waals surface area contributed by atoms with Crippen LogP contribution in [0.3, 0.4) is 0 Å². The maximum Gasteiger partial charge on any atom is 0.274 e. The van der Waals surface area contributed by atoms with Gasteiger partial charge in [0.05, 0.1) is 0 Å². The van der Waals surface area contributed by atoms with Gasteiger partial charge in [-0.2, -0.15) is 0 Å². The molecule has 3 aromatic rings. The van der Waals surface area contributed by atoms with E-state index < -0.39 is 0 Å². The minimum Gasteiger partial charge on any atom is -0.355 e. The van der Waals surface area contributed by atoms with E-state index in [2.05, 4.69) is 10.5 Å². The number of aromatic nitrogens is 1. The first-order chi connectivity index (χ1) is 11.7. The van der Waals surface area contributed by atoms with Crippen LogP contribution >= 0.6 is 23.4 Å². The quantitative estimate of drug-likeness (QED) is 0.749. The van der Waals surface area contributed by atoms with Gasteiger partial charge in [0, 0.05) is 33.3 Å². The molecule has 0 spiro atoms. The Morgan fingerprint density at radius 1 is 1.21 bits per heavy atom. The summed E-state index contributed by atoms with van der Waals surface area (Å²) in [5.41, 5.74) is 3.19. The van der Waals surface area contributed by atoms with E-state index in [1.165, 1.54) is 0 Å². The Morgan fingerprint density at radius 2 is 2.00 bits per heavy atom. The van der Waals surface area contributed by atoms with Crippen molar-refractivity contribution >= 4 is 29.3 Å². The molecule has 0 saturated carbocycles. The maximum absolute atomic E-state index is 12.5. The molecule has 120 valence electrons. The highest BCUT2D eigenvalue weighted by molar-refractivity contribution is 7.98. The lowest BCUT2D eigenvalue weighted by Gasteiger charge is -2.13. The number of benzene rings is 2. The Balaban J connectivity index is 1.55. The molecule has 24 heavy (non-hydrogen) atoms. The van der Waals surface area contributed by atoms with Crippen molar-refractivity contribution in [3.63, 3.8) is 0 Å². The summed E-state index contributed by atoms with van der Waals surface area (Å²) in [7, 11) is 0. The van der Waals surface area contributed by atoms with E-state index in [-0.39, 0.29) is 5.91 Å². The minimum absolute atomic E-state index is 0.227. The van der Waals surface area contributed by atoms with Gasteiger partial charge in [-0.05, 0) is 29.8 Å². The van der Waals surface area contributed by atoms with Gasteiger partial charge < -0.3 is 9.84 Å². The number of nitrogens with one attached hydrogen (secondary N) is 1. The fraction of sp³-hybridized carbons (Fsp3) is 0.111. The topological polar surface area (TPSA) is 55.1 Å². The van der Waals surface area contributed by atoms with Crippen LogP contribution in [0.1, 0.15) is 21.6 Å². The predicted octanol–water partition coefficient (Wildman–Crippen LogP) is 4.53. The molecule has 0 radical (unpaired) electrons. The second-order valence-electron chi connectivity index (χ2n) is 5.43. The number of thioether (sulfide) groups is 1. The van der Waals surface area contributed by atoms with Crippen LogP contribution in [-0.2, 0) is 12.3 Å². The first-order valence-corrected chi connectivity index (χ1v) is 8.82. The van der Waals surface area contributed by atoms with E-state index in [9.17, 15) is 4.79 Å². The van der Waals surface area contributed by atoms with E-state index in [0.29, 0.717) is 28.8 Å². The SMILES string of the molecule is O=C(NCc1ccc(Cl)cc1)c1noc2c1CSc1ccccc1-2. The zero-order valence-electron chi connectivity index (χ0n) is 12.6. The molecule has 1 aliphatic rings. The molecular formula is C18H13ClN2O2S. The Bertz CT molecular complexity index is 906. The number of hydrogen-bond acceptors (Lipinski definition) is 4. The van der Waals surface area contributed by atoms with E-state index in [1.807, 2.05) is 36.4 Å². The molecule has 0 bridgehead atoms. The Labute approximate surface area is 148 Å².